The van der Waals surface area contributed by atoms with Crippen LogP contribution in [0.5, 0.6) is 11.5 Å². The van der Waals surface area contributed by atoms with Crippen LogP contribution in [0.25, 0.3) is 0 Å². The molecule has 0 bridgehead atoms. The summed E-state index contributed by atoms with van der Waals surface area (Å²) in [5.74, 6) is 2.02. The molecule has 0 aromatic heterocycles. The molecule has 29 nitrogen and oxygen atoms in total. The Morgan fingerprint density at radius 3 is 1.13 bits per heavy atom. The van der Waals surface area contributed by atoms with Gasteiger partial charge in [0.15, 0.2) is 0 Å². The number of rotatable bonds is 30. The summed E-state index contributed by atoms with van der Waals surface area (Å²) >= 11 is 3.30. The fourth-order valence-corrected chi connectivity index (χ4v) is 20.9. The van der Waals surface area contributed by atoms with Gasteiger partial charge in [-0.2, -0.15) is 0 Å². The first-order valence-corrected chi connectivity index (χ1v) is 54.8. The first-order valence-electron chi connectivity index (χ1n) is 52.3. The van der Waals surface area contributed by atoms with Gasteiger partial charge in [0.05, 0.1) is 45.5 Å². The molecule has 7 aliphatic heterocycles. The Bertz CT molecular complexity index is 4800. The molecule has 8 N–H and O–H groups in total. The van der Waals surface area contributed by atoms with Crippen molar-refractivity contribution in [2.45, 2.75) is 322 Å². The molecule has 13 rings (SSSR count). The zero-order valence-electron chi connectivity index (χ0n) is 90.0. The number of carbonyl (C=O) groups is 7. The number of phenols is 1. The molecule has 0 amide bonds. The van der Waals surface area contributed by atoms with E-state index in [1.54, 1.807) is 61.6 Å². The highest BCUT2D eigenvalue weighted by molar-refractivity contribution is 7.98. The monoisotopic (exact) mass is 2030 g/mol. The maximum atomic E-state index is 12.4. The van der Waals surface area contributed by atoms with Crippen molar-refractivity contribution in [3.8, 4) is 11.5 Å². The quantitative estimate of drug-likeness (QED) is 0.00528. The van der Waals surface area contributed by atoms with Crippen LogP contribution in [-0.4, -0.2) is 207 Å². The first kappa shape index (κ1) is 121. The fraction of sp³-hybridized carbons (Fsp3) is 0.670. The average molecular weight is 2030 g/mol. The Balaban J connectivity index is 0.000000227. The molecule has 31 heteroatoms. The molecule has 5 aromatic rings. The van der Waals surface area contributed by atoms with Crippen molar-refractivity contribution in [1.82, 2.24) is 37.2 Å². The first-order chi connectivity index (χ1) is 67.6. The van der Waals surface area contributed by atoms with E-state index < -0.39 is 55.8 Å². The van der Waals surface area contributed by atoms with E-state index in [0.29, 0.717) is 57.6 Å². The summed E-state index contributed by atoms with van der Waals surface area (Å²) < 4.78 is 45.2. The number of nitro groups is 2. The molecule has 143 heavy (non-hydrogen) atoms. The number of non-ortho nitro benzene ring substituents is 1. The summed E-state index contributed by atoms with van der Waals surface area (Å²) in [6.45, 7) is 51.4. The van der Waals surface area contributed by atoms with Gasteiger partial charge in [0.25, 0.3) is 11.4 Å². The number of benzene rings is 5. The molecule has 1 atom stereocenters. The molecule has 1 aliphatic carbocycles. The van der Waals surface area contributed by atoms with Crippen LogP contribution in [0.1, 0.15) is 322 Å². The number of methoxy groups -OCH3 is 1. The number of aryl methyl sites for hydroxylation is 2. The van der Waals surface area contributed by atoms with Crippen molar-refractivity contribution in [2.24, 2.45) is 59.2 Å². The molecule has 0 radical (unpaired) electrons. The summed E-state index contributed by atoms with van der Waals surface area (Å²) in [4.78, 5) is 110. The molecule has 5 aromatic carbocycles. The lowest BCUT2D eigenvalue weighted by Gasteiger charge is -2.38. The standard InChI is InChI=1S/2C16H22N2O4.C16H23NO4.2C16H23NO2S.C16H29NO2.C16H31NO2/c1-11-4-5-13(18(20)21)10-14(11)15(19)22-16(2,3)12-6-8-17-9-7-12;1-11-5-4-6-13(14(11)18(20)21)15(19)22-16(2,3)12-7-9-17-10-8-12;1-16(2,11-6-8-17-9-7-11)21-15(19)13-5-4-12(20-3)10-14(13)18;1-16(2,13-8-10-17-11-9-13)19-15(18)12-4-6-14(20-3)7-5-12;1-16(2,13-7-9-17-10-8-13)19-15(18)12-5-4-6-14(11-12)20-3;1-12-4-6-13(7-5-12)15(18)19-16(2,3)14-8-10-17-11-9-14;1-5-6-7-8-13(2)15(18)19-16(3,4)14-9-11-17-12-10-14/h4-5,10,12,17H,6-9H2,1-3H3;4-6,12,17H,7-10H2,1-3H3;4-5,10-11,17-18H,6-9H2,1-3H3;4-7,13,17H,8-11H2,1-3H3;4-6,11,13,17H,7-10H2,1-3H3;12-14,17H,4-11H2,1-3H3;13-14,17H,5-12H2,1-4H3. The summed E-state index contributed by atoms with van der Waals surface area (Å²) in [5, 5.41) is 55.2. The predicted molar refractivity (Wildman–Crippen MR) is 568 cm³/mol. The number of nitrogens with one attached hydrogen (secondary N) is 7. The third-order valence-corrected chi connectivity index (χ3v) is 31.6. The van der Waals surface area contributed by atoms with Gasteiger partial charge in [-0.05, 0) is 409 Å². The topological polar surface area (TPSA) is 384 Å². The van der Waals surface area contributed by atoms with Gasteiger partial charge in [-0.15, -0.1) is 23.5 Å². The predicted octanol–water partition coefficient (Wildman–Crippen LogP) is 21.4. The number of hydrogen-bond donors (Lipinski definition) is 8. The molecular formula is C112H173N9O20S2. The SMILES string of the molecule is CC1CCC(C(=O)OC(C)(C)C2CCNCC2)CC1.CCCCCC(C)C(=O)OC(C)(C)C1CCNCC1.COc1ccc(C(=O)OC(C)(C)C2CCNCC2)c(O)c1.CSc1ccc(C(=O)OC(C)(C)C2CCNCC2)cc1.CSc1cccc(C(=O)OC(C)(C)C2CCNCC2)c1.Cc1ccc([N+](=O)[O-])cc1C(=O)OC(C)(C)C1CCNCC1.Cc1cccc(C(=O)OC(C)(C)C2CCNCC2)c1[N+](=O)[O-]. The van der Waals surface area contributed by atoms with Gasteiger partial charge >= 0.3 is 41.8 Å². The summed E-state index contributed by atoms with van der Waals surface area (Å²) in [6.07, 6.45) is 27.3. The second-order valence-electron chi connectivity index (χ2n) is 43.4. The minimum atomic E-state index is -0.642. The Morgan fingerprint density at radius 1 is 0.392 bits per heavy atom. The Hall–Kier alpha value is -8.79. The lowest BCUT2D eigenvalue weighted by atomic mass is 9.81. The average Bonchev–Trinajstić information content (AvgIpc) is 0.812. The van der Waals surface area contributed by atoms with Gasteiger partial charge in [0, 0.05) is 75.0 Å². The van der Waals surface area contributed by atoms with Crippen molar-refractivity contribution in [3.05, 3.63) is 162 Å². The lowest BCUT2D eigenvalue weighted by molar-refractivity contribution is -0.385. The zero-order valence-corrected chi connectivity index (χ0v) is 91.6. The smallest absolute Gasteiger partial charge is 0.345 e. The molecule has 0 spiro atoms. The summed E-state index contributed by atoms with van der Waals surface area (Å²) in [6, 6.07) is 28.7. The van der Waals surface area contributed by atoms with E-state index in [1.807, 2.05) is 137 Å². The second kappa shape index (κ2) is 58.7. The number of unbranched alkanes of at least 4 members (excludes halogenated alkanes) is 2. The van der Waals surface area contributed by atoms with Crippen molar-refractivity contribution >= 4 is 76.7 Å². The third-order valence-electron chi connectivity index (χ3n) is 30.1. The third kappa shape index (κ3) is 39.4. The second-order valence-corrected chi connectivity index (χ2v) is 45.1. The van der Waals surface area contributed by atoms with Gasteiger partial charge in [-0.1, -0.05) is 64.3 Å². The van der Waals surface area contributed by atoms with Crippen molar-refractivity contribution in [2.75, 3.05) is 111 Å². The number of nitro benzene ring substituents is 2. The minimum absolute atomic E-state index is 0.0142. The number of aromatic hydroxyl groups is 1. The zero-order chi connectivity index (χ0) is 105. The van der Waals surface area contributed by atoms with Crippen molar-refractivity contribution in [3.63, 3.8) is 0 Å². The van der Waals surface area contributed by atoms with Gasteiger partial charge in [-0.25, -0.2) is 24.0 Å². The molecule has 7 heterocycles. The van der Waals surface area contributed by atoms with E-state index in [-0.39, 0.29) is 92.6 Å². The highest BCUT2D eigenvalue weighted by Gasteiger charge is 2.43. The van der Waals surface area contributed by atoms with Crippen LogP contribution in [-0.2, 0) is 42.7 Å². The van der Waals surface area contributed by atoms with Crippen molar-refractivity contribution in [1.29, 1.82) is 0 Å². The summed E-state index contributed by atoms with van der Waals surface area (Å²) in [7, 11) is 1.51. The Morgan fingerprint density at radius 2 is 0.755 bits per heavy atom. The number of para-hydroxylation sites is 1. The maximum Gasteiger partial charge on any atom is 0.345 e. The number of piperidine rings is 7. The van der Waals surface area contributed by atoms with E-state index in [4.69, 9.17) is 37.9 Å². The molecule has 7 saturated heterocycles. The largest absolute Gasteiger partial charge is 0.507 e. The van der Waals surface area contributed by atoms with Crippen LogP contribution < -0.4 is 42.0 Å². The highest BCUT2D eigenvalue weighted by atomic mass is 32.2. The van der Waals surface area contributed by atoms with Crippen LogP contribution in [0.2, 0.25) is 0 Å². The van der Waals surface area contributed by atoms with Gasteiger partial charge in [-0.3, -0.25) is 29.8 Å². The molecular weight excluding hydrogens is 1860 g/mol. The maximum absolute atomic E-state index is 12.4. The number of hydrogen-bond acceptors (Lipinski definition) is 29. The highest BCUT2D eigenvalue weighted by Crippen LogP contribution is 2.41. The van der Waals surface area contributed by atoms with Gasteiger partial charge in [0.1, 0.15) is 61.8 Å². The van der Waals surface area contributed by atoms with Gasteiger partial charge in [0.2, 0.25) is 0 Å². The molecule has 1 unspecified atom stereocenters. The Labute approximate surface area is 861 Å². The van der Waals surface area contributed by atoms with Crippen LogP contribution in [0.15, 0.2) is 113 Å². The number of carbonyl (C=O) groups excluding carboxylic acids is 7. The molecule has 1 saturated carbocycles. The van der Waals surface area contributed by atoms with Crippen LogP contribution in [0.4, 0.5) is 11.4 Å². The van der Waals surface area contributed by atoms with E-state index in [1.165, 1.54) is 63.1 Å². The number of ether oxygens (including phenoxy) is 8. The lowest BCUT2D eigenvalue weighted by Crippen LogP contribution is -2.44. The number of thioether (sulfide) groups is 2. The fourth-order valence-electron chi connectivity index (χ4n) is 20.0. The van der Waals surface area contributed by atoms with Crippen LogP contribution >= 0.6 is 23.5 Å². The van der Waals surface area contributed by atoms with E-state index in [0.717, 1.165) is 223 Å². The van der Waals surface area contributed by atoms with Gasteiger partial charge < -0.3 is 80.2 Å². The number of esters is 7. The van der Waals surface area contributed by atoms with E-state index >= 15 is 0 Å². The molecule has 8 aliphatic rings. The van der Waals surface area contributed by atoms with Crippen LogP contribution in [0.3, 0.4) is 0 Å². The Kier molecular flexibility index (Phi) is 49.7. The molecule has 8 fully saturated rings. The normalized spacial score (nSPS) is 18.7. The number of nitrogens with zero attached hydrogens (tertiary/aromatic N) is 2. The summed E-state index contributed by atoms with van der Waals surface area (Å²) in [5.41, 5.74) is -0.642. The minimum Gasteiger partial charge on any atom is -0.507 e. The van der Waals surface area contributed by atoms with Crippen LogP contribution in [0, 0.1) is 93.3 Å². The molecule has 798 valence electrons. The van der Waals surface area contributed by atoms with Crippen molar-refractivity contribution < 1.29 is 86.4 Å². The number of phenolic OH excluding ortho intramolecular Hbond substituents is 1. The van der Waals surface area contributed by atoms with E-state index in [2.05, 4.69) is 78.8 Å². The van der Waals surface area contributed by atoms with E-state index in [9.17, 15) is 58.9 Å².